The van der Waals surface area contributed by atoms with E-state index < -0.39 is 8.07 Å². The fourth-order valence-electron chi connectivity index (χ4n) is 3.27. The van der Waals surface area contributed by atoms with Crippen molar-refractivity contribution in [1.82, 2.24) is 9.38 Å². The van der Waals surface area contributed by atoms with Gasteiger partial charge < -0.3 is 4.40 Å². The van der Waals surface area contributed by atoms with E-state index in [2.05, 4.69) is 60.3 Å². The summed E-state index contributed by atoms with van der Waals surface area (Å²) in [5.41, 5.74) is 5.02. The number of aryl methyl sites for hydroxylation is 1. The third-order valence-electron chi connectivity index (χ3n) is 4.15. The lowest BCUT2D eigenvalue weighted by Crippen LogP contribution is -2.37. The maximum absolute atomic E-state index is 4.59. The van der Waals surface area contributed by atoms with E-state index in [-0.39, 0.29) is 0 Å². The zero-order chi connectivity index (χ0) is 14.1. The smallest absolute Gasteiger partial charge is 0.0963 e. The van der Waals surface area contributed by atoms with E-state index in [9.17, 15) is 0 Å². The summed E-state index contributed by atoms with van der Waals surface area (Å²) in [4.78, 5) is 4.59. The van der Waals surface area contributed by atoms with Gasteiger partial charge in [0.1, 0.15) is 0 Å². The molecule has 0 amide bonds. The SMILES string of the molecule is Cc1cc2c([Si](C)(C)C)cn3c4cccnc4c(c1)c23. The van der Waals surface area contributed by atoms with Crippen molar-refractivity contribution < 1.29 is 0 Å². The summed E-state index contributed by atoms with van der Waals surface area (Å²) in [6, 6.07) is 8.81. The minimum absolute atomic E-state index is 1.12. The fourth-order valence-corrected chi connectivity index (χ4v) is 4.79. The molecule has 3 heterocycles. The van der Waals surface area contributed by atoms with Crippen LogP contribution in [0, 0.1) is 6.92 Å². The molecule has 0 aliphatic rings. The monoisotopic (exact) mass is 278 g/mol. The number of hydrogen-bond donors (Lipinski definition) is 0. The van der Waals surface area contributed by atoms with Crippen molar-refractivity contribution in [3.05, 3.63) is 42.2 Å². The predicted molar refractivity (Wildman–Crippen MR) is 89.1 cm³/mol. The molecule has 3 aromatic heterocycles. The number of pyridine rings is 1. The molecule has 0 fully saturated rings. The van der Waals surface area contributed by atoms with Crippen molar-refractivity contribution in [2.75, 3.05) is 0 Å². The van der Waals surface area contributed by atoms with Crippen molar-refractivity contribution in [2.45, 2.75) is 26.6 Å². The molecule has 0 radical (unpaired) electrons. The Balaban J connectivity index is 2.33. The Morgan fingerprint density at radius 1 is 1.10 bits per heavy atom. The van der Waals surface area contributed by atoms with Crippen LogP contribution in [0.25, 0.3) is 27.3 Å². The van der Waals surface area contributed by atoms with Crippen LogP contribution in [0.3, 0.4) is 0 Å². The van der Waals surface area contributed by atoms with E-state index in [1.165, 1.54) is 27.4 Å². The van der Waals surface area contributed by atoms with Gasteiger partial charge in [0, 0.05) is 23.2 Å². The van der Waals surface area contributed by atoms with Gasteiger partial charge in [-0.1, -0.05) is 19.6 Å². The van der Waals surface area contributed by atoms with Crippen LogP contribution in [-0.2, 0) is 0 Å². The van der Waals surface area contributed by atoms with Gasteiger partial charge in [-0.05, 0) is 41.9 Å². The molecule has 0 saturated carbocycles. The van der Waals surface area contributed by atoms with E-state index in [0.29, 0.717) is 0 Å². The number of hydrogen-bond acceptors (Lipinski definition) is 1. The molecule has 0 N–H and O–H groups in total. The van der Waals surface area contributed by atoms with Crippen LogP contribution >= 0.6 is 0 Å². The minimum atomic E-state index is -1.35. The summed E-state index contributed by atoms with van der Waals surface area (Å²) < 4.78 is 2.35. The highest BCUT2D eigenvalue weighted by Crippen LogP contribution is 2.32. The fraction of sp³-hybridized carbons (Fsp3) is 0.235. The van der Waals surface area contributed by atoms with Crippen LogP contribution in [0.4, 0.5) is 0 Å². The van der Waals surface area contributed by atoms with E-state index >= 15 is 0 Å². The van der Waals surface area contributed by atoms with Crippen LogP contribution in [0.15, 0.2) is 36.7 Å². The highest BCUT2D eigenvalue weighted by molar-refractivity contribution is 6.90. The Labute approximate surface area is 119 Å². The van der Waals surface area contributed by atoms with Crippen molar-refractivity contribution in [3.8, 4) is 0 Å². The number of fused-ring (bicyclic) bond motifs is 3. The molecule has 0 aliphatic carbocycles. The molecular weight excluding hydrogens is 260 g/mol. The molecule has 0 spiro atoms. The van der Waals surface area contributed by atoms with E-state index in [1.807, 2.05) is 12.3 Å². The molecule has 20 heavy (non-hydrogen) atoms. The summed E-state index contributed by atoms with van der Waals surface area (Å²) >= 11 is 0. The van der Waals surface area contributed by atoms with Crippen LogP contribution in [0.5, 0.6) is 0 Å². The number of rotatable bonds is 1. The zero-order valence-corrected chi connectivity index (χ0v) is 13.4. The first-order valence-corrected chi connectivity index (χ1v) is 10.6. The third kappa shape index (κ3) is 1.41. The lowest BCUT2D eigenvalue weighted by Gasteiger charge is -2.15. The second-order valence-corrected chi connectivity index (χ2v) is 11.8. The second-order valence-electron chi connectivity index (χ2n) is 6.74. The van der Waals surface area contributed by atoms with Gasteiger partial charge in [0.05, 0.1) is 24.6 Å². The molecule has 4 aromatic rings. The molecule has 0 atom stereocenters. The first-order chi connectivity index (χ1) is 9.47. The quantitative estimate of drug-likeness (QED) is 0.482. The molecule has 0 saturated heterocycles. The Morgan fingerprint density at radius 3 is 2.60 bits per heavy atom. The van der Waals surface area contributed by atoms with Gasteiger partial charge in [-0.15, -0.1) is 0 Å². The number of nitrogens with zero attached hydrogens (tertiary/aromatic N) is 2. The predicted octanol–water partition coefficient (Wildman–Crippen LogP) is 3.93. The third-order valence-corrected chi connectivity index (χ3v) is 6.17. The molecule has 4 rings (SSSR count). The Bertz CT molecular complexity index is 944. The molecule has 0 aliphatic heterocycles. The highest BCUT2D eigenvalue weighted by atomic mass is 28.3. The van der Waals surface area contributed by atoms with E-state index in [1.54, 1.807) is 5.19 Å². The van der Waals surface area contributed by atoms with Crippen molar-refractivity contribution >= 4 is 40.6 Å². The lowest BCUT2D eigenvalue weighted by atomic mass is 10.1. The largest absolute Gasteiger partial charge is 0.314 e. The topological polar surface area (TPSA) is 17.3 Å². The van der Waals surface area contributed by atoms with Crippen molar-refractivity contribution in [2.24, 2.45) is 0 Å². The number of aromatic nitrogens is 2. The molecule has 0 unspecified atom stereocenters. The summed E-state index contributed by atoms with van der Waals surface area (Å²) in [5.74, 6) is 0. The summed E-state index contributed by atoms with van der Waals surface area (Å²) in [6.07, 6.45) is 4.24. The van der Waals surface area contributed by atoms with Gasteiger partial charge in [-0.25, -0.2) is 0 Å². The van der Waals surface area contributed by atoms with Gasteiger partial charge in [-0.2, -0.15) is 0 Å². The van der Waals surface area contributed by atoms with Crippen molar-refractivity contribution in [1.29, 1.82) is 0 Å². The van der Waals surface area contributed by atoms with Gasteiger partial charge >= 0.3 is 0 Å². The summed E-state index contributed by atoms with van der Waals surface area (Å²) in [7, 11) is -1.35. The Kier molecular flexibility index (Phi) is 2.15. The molecule has 3 heteroatoms. The van der Waals surface area contributed by atoms with Crippen LogP contribution in [0.2, 0.25) is 19.6 Å². The number of benzene rings is 1. The molecule has 100 valence electrons. The van der Waals surface area contributed by atoms with E-state index in [0.717, 1.165) is 5.52 Å². The molecular formula is C17H18N2Si. The van der Waals surface area contributed by atoms with Crippen molar-refractivity contribution in [3.63, 3.8) is 0 Å². The minimum Gasteiger partial charge on any atom is -0.314 e. The standard InChI is InChI=1S/C17H18N2Si/c1-11-8-12-15(20(2,3)4)10-19-14-6-5-7-18-16(14)13(9-11)17(12)19/h5-10H,1-4H3. The molecule has 0 bridgehead atoms. The first kappa shape index (κ1) is 11.9. The highest BCUT2D eigenvalue weighted by Gasteiger charge is 2.24. The molecule has 2 nitrogen and oxygen atoms in total. The van der Waals surface area contributed by atoms with Crippen LogP contribution in [0.1, 0.15) is 5.56 Å². The van der Waals surface area contributed by atoms with Crippen LogP contribution in [-0.4, -0.2) is 17.5 Å². The lowest BCUT2D eigenvalue weighted by molar-refractivity contribution is 1.29. The summed E-state index contributed by atoms with van der Waals surface area (Å²) in [5, 5.41) is 4.27. The van der Waals surface area contributed by atoms with Gasteiger partial charge in [-0.3, -0.25) is 4.98 Å². The Morgan fingerprint density at radius 2 is 1.85 bits per heavy atom. The normalized spacial score (nSPS) is 13.0. The van der Waals surface area contributed by atoms with Crippen LogP contribution < -0.4 is 5.19 Å². The maximum Gasteiger partial charge on any atom is 0.0963 e. The zero-order valence-electron chi connectivity index (χ0n) is 12.4. The molecule has 1 aromatic carbocycles. The van der Waals surface area contributed by atoms with E-state index in [4.69, 9.17) is 0 Å². The summed E-state index contributed by atoms with van der Waals surface area (Å²) in [6.45, 7) is 9.43. The van der Waals surface area contributed by atoms with Gasteiger partial charge in [0.2, 0.25) is 0 Å². The average molecular weight is 278 g/mol. The first-order valence-electron chi connectivity index (χ1n) is 7.09. The van der Waals surface area contributed by atoms with Gasteiger partial charge in [0.25, 0.3) is 0 Å². The average Bonchev–Trinajstić information content (AvgIpc) is 2.90. The Hall–Kier alpha value is -1.87. The maximum atomic E-state index is 4.59. The van der Waals surface area contributed by atoms with Gasteiger partial charge in [0.15, 0.2) is 0 Å². The second kappa shape index (κ2) is 3.61.